The minimum Gasteiger partial charge on any atom is -0.409 e. The summed E-state index contributed by atoms with van der Waals surface area (Å²) in [7, 11) is -1.67. The molecule has 0 saturated heterocycles. The van der Waals surface area contributed by atoms with Crippen LogP contribution in [-0.4, -0.2) is 32.2 Å². The van der Waals surface area contributed by atoms with Gasteiger partial charge in [-0.25, -0.2) is 4.79 Å². The lowest BCUT2D eigenvalue weighted by Gasteiger charge is -2.25. The predicted octanol–water partition coefficient (Wildman–Crippen LogP) is 4.99. The first kappa shape index (κ1) is 18.0. The van der Waals surface area contributed by atoms with Crippen molar-refractivity contribution in [2.75, 3.05) is 13.1 Å². The molecule has 0 unspecified atom stereocenters. The van der Waals surface area contributed by atoms with E-state index in [1.165, 1.54) is 5.39 Å². The third kappa shape index (κ3) is 3.78. The molecule has 0 N–H and O–H groups in total. The lowest BCUT2D eigenvalue weighted by Crippen LogP contribution is -2.41. The average Bonchev–Trinajstić information content (AvgIpc) is 2.50. The van der Waals surface area contributed by atoms with Gasteiger partial charge in [-0.3, -0.25) is 0 Å². The van der Waals surface area contributed by atoms with E-state index in [0.29, 0.717) is 18.8 Å². The van der Waals surface area contributed by atoms with E-state index in [4.69, 9.17) is 4.74 Å². The third-order valence-corrected chi connectivity index (χ3v) is 6.73. The van der Waals surface area contributed by atoms with Gasteiger partial charge in [-0.2, -0.15) is 0 Å². The Labute approximate surface area is 147 Å². The summed E-state index contributed by atoms with van der Waals surface area (Å²) in [4.78, 5) is 14.1. The second kappa shape index (κ2) is 7.05. The normalized spacial score (nSPS) is 11.6. The molecular weight excluding hydrogens is 370 g/mol. The Morgan fingerprint density at radius 2 is 1.78 bits per heavy atom. The number of rotatable bonds is 4. The molecule has 0 aliphatic rings. The summed E-state index contributed by atoms with van der Waals surface area (Å²) in [5.41, 5.74) is 0. The van der Waals surface area contributed by atoms with Gasteiger partial charge in [-0.1, -0.05) is 50.0 Å². The minimum absolute atomic E-state index is 0.287. The quantitative estimate of drug-likeness (QED) is 0.684. The molecule has 0 heterocycles. The molecule has 0 bridgehead atoms. The molecule has 0 fully saturated rings. The summed E-state index contributed by atoms with van der Waals surface area (Å²) in [6, 6.07) is 10.3. The van der Waals surface area contributed by atoms with Crippen molar-refractivity contribution in [3.63, 3.8) is 0 Å². The van der Waals surface area contributed by atoms with Crippen molar-refractivity contribution in [3.8, 4) is 5.75 Å². The molecule has 2 rings (SSSR count). The molecule has 2 aromatic carbocycles. The number of ether oxygens (including phenoxy) is 1. The van der Waals surface area contributed by atoms with Gasteiger partial charge < -0.3 is 9.64 Å². The predicted molar refractivity (Wildman–Crippen MR) is 104 cm³/mol. The van der Waals surface area contributed by atoms with Crippen LogP contribution in [0.1, 0.15) is 13.8 Å². The largest absolute Gasteiger partial charge is 0.415 e. The van der Waals surface area contributed by atoms with Crippen LogP contribution in [0.15, 0.2) is 34.8 Å². The van der Waals surface area contributed by atoms with Crippen LogP contribution in [0.2, 0.25) is 19.6 Å². The molecule has 0 aliphatic heterocycles. The molecule has 2 aromatic rings. The number of carbonyl (C=O) groups excluding carboxylic acids is 1. The van der Waals surface area contributed by atoms with E-state index in [9.17, 15) is 4.79 Å². The van der Waals surface area contributed by atoms with Crippen molar-refractivity contribution in [1.82, 2.24) is 4.90 Å². The Kier molecular flexibility index (Phi) is 5.52. The van der Waals surface area contributed by atoms with Gasteiger partial charge in [0, 0.05) is 13.1 Å². The van der Waals surface area contributed by atoms with Crippen molar-refractivity contribution in [2.45, 2.75) is 33.5 Å². The highest BCUT2D eigenvalue weighted by Crippen LogP contribution is 2.34. The van der Waals surface area contributed by atoms with Gasteiger partial charge in [0.25, 0.3) is 0 Å². The summed E-state index contributed by atoms with van der Waals surface area (Å²) < 4.78 is 6.70. The fourth-order valence-corrected chi connectivity index (χ4v) is 4.86. The van der Waals surface area contributed by atoms with Crippen LogP contribution < -0.4 is 9.92 Å². The standard InChI is InChI=1S/C18H24BrNO2Si/c1-6-20(7-2)18(21)22-17-15(23(3,4)5)12-13-10-8-9-11-14(13)16(17)19/h8-12H,6-7H2,1-5H3. The van der Waals surface area contributed by atoms with Crippen molar-refractivity contribution < 1.29 is 9.53 Å². The number of fused-ring (bicyclic) bond motifs is 1. The molecule has 0 atom stereocenters. The summed E-state index contributed by atoms with van der Waals surface area (Å²) in [6.45, 7) is 12.0. The zero-order valence-electron chi connectivity index (χ0n) is 14.4. The lowest BCUT2D eigenvalue weighted by molar-refractivity contribution is 0.157. The molecule has 0 radical (unpaired) electrons. The first-order valence-corrected chi connectivity index (χ1v) is 12.3. The fraction of sp³-hybridized carbons (Fsp3) is 0.389. The number of benzene rings is 2. The van der Waals surface area contributed by atoms with E-state index < -0.39 is 8.07 Å². The summed E-state index contributed by atoms with van der Waals surface area (Å²) in [6.07, 6.45) is -0.287. The molecule has 124 valence electrons. The number of hydrogen-bond donors (Lipinski definition) is 0. The van der Waals surface area contributed by atoms with E-state index >= 15 is 0 Å². The highest BCUT2D eigenvalue weighted by Gasteiger charge is 2.27. The SMILES string of the molecule is CCN(CC)C(=O)Oc1c([Si](C)(C)C)cc2ccccc2c1Br. The summed E-state index contributed by atoms with van der Waals surface area (Å²) in [5, 5.41) is 3.39. The fourth-order valence-electron chi connectivity index (χ4n) is 2.57. The number of hydrogen-bond acceptors (Lipinski definition) is 2. The topological polar surface area (TPSA) is 29.5 Å². The van der Waals surface area contributed by atoms with Gasteiger partial charge in [0.1, 0.15) is 5.75 Å². The molecule has 3 nitrogen and oxygen atoms in total. The number of nitrogens with zero attached hydrogens (tertiary/aromatic N) is 1. The monoisotopic (exact) mass is 393 g/mol. The van der Waals surface area contributed by atoms with Crippen LogP contribution in [0.25, 0.3) is 10.8 Å². The maximum Gasteiger partial charge on any atom is 0.415 e. The Hall–Kier alpha value is -1.33. The van der Waals surface area contributed by atoms with Gasteiger partial charge in [-0.15, -0.1) is 0 Å². The van der Waals surface area contributed by atoms with E-state index in [1.807, 2.05) is 32.0 Å². The lowest BCUT2D eigenvalue weighted by atomic mass is 10.1. The first-order chi connectivity index (χ1) is 10.8. The molecule has 23 heavy (non-hydrogen) atoms. The number of carbonyl (C=O) groups is 1. The van der Waals surface area contributed by atoms with Gasteiger partial charge >= 0.3 is 6.09 Å². The number of halogens is 1. The van der Waals surface area contributed by atoms with Crippen LogP contribution in [-0.2, 0) is 0 Å². The maximum absolute atomic E-state index is 12.4. The van der Waals surface area contributed by atoms with Crippen LogP contribution in [0.3, 0.4) is 0 Å². The van der Waals surface area contributed by atoms with Gasteiger partial charge in [0.2, 0.25) is 0 Å². The smallest absolute Gasteiger partial charge is 0.409 e. The molecule has 0 saturated carbocycles. The van der Waals surface area contributed by atoms with Crippen molar-refractivity contribution in [3.05, 3.63) is 34.8 Å². The van der Waals surface area contributed by atoms with E-state index in [1.54, 1.807) is 4.90 Å². The summed E-state index contributed by atoms with van der Waals surface area (Å²) in [5.74, 6) is 0.680. The Morgan fingerprint density at radius 3 is 2.35 bits per heavy atom. The molecule has 1 amide bonds. The van der Waals surface area contributed by atoms with Crippen molar-refractivity contribution in [1.29, 1.82) is 0 Å². The van der Waals surface area contributed by atoms with Crippen molar-refractivity contribution >= 4 is 46.1 Å². The molecule has 5 heteroatoms. The van der Waals surface area contributed by atoms with Crippen molar-refractivity contribution in [2.24, 2.45) is 0 Å². The second-order valence-corrected chi connectivity index (χ2v) is 12.4. The van der Waals surface area contributed by atoms with E-state index in [-0.39, 0.29) is 6.09 Å². The maximum atomic E-state index is 12.4. The molecule has 0 spiro atoms. The van der Waals surface area contributed by atoms with Crippen LogP contribution in [0.4, 0.5) is 4.79 Å². The Balaban J connectivity index is 2.60. The minimum atomic E-state index is -1.67. The van der Waals surface area contributed by atoms with Crippen LogP contribution >= 0.6 is 15.9 Å². The second-order valence-electron chi connectivity index (χ2n) is 6.58. The summed E-state index contributed by atoms with van der Waals surface area (Å²) >= 11 is 3.67. The Morgan fingerprint density at radius 1 is 1.17 bits per heavy atom. The van der Waals surface area contributed by atoms with E-state index in [2.05, 4.69) is 47.7 Å². The van der Waals surface area contributed by atoms with Gasteiger partial charge in [0.05, 0.1) is 12.5 Å². The zero-order valence-corrected chi connectivity index (χ0v) is 17.0. The van der Waals surface area contributed by atoms with Crippen LogP contribution in [0, 0.1) is 0 Å². The van der Waals surface area contributed by atoms with Crippen LogP contribution in [0.5, 0.6) is 5.75 Å². The van der Waals surface area contributed by atoms with E-state index in [0.717, 1.165) is 15.0 Å². The third-order valence-electron chi connectivity index (χ3n) is 3.96. The highest BCUT2D eigenvalue weighted by molar-refractivity contribution is 9.10. The average molecular weight is 394 g/mol. The Bertz CT molecular complexity index is 721. The first-order valence-electron chi connectivity index (χ1n) is 7.98. The molecule has 0 aliphatic carbocycles. The van der Waals surface area contributed by atoms with Gasteiger partial charge in [0.15, 0.2) is 0 Å². The van der Waals surface area contributed by atoms with Gasteiger partial charge in [-0.05, 0) is 45.7 Å². The molecular formula is C18H24BrNO2Si. The molecule has 0 aromatic heterocycles. The highest BCUT2D eigenvalue weighted by atomic mass is 79.9. The number of amides is 1. The zero-order chi connectivity index (χ0) is 17.2.